The van der Waals surface area contributed by atoms with Gasteiger partial charge < -0.3 is 9.41 Å². The van der Waals surface area contributed by atoms with Crippen molar-refractivity contribution in [2.45, 2.75) is 0 Å². The van der Waals surface area contributed by atoms with Gasteiger partial charge in [-0.1, -0.05) is 0 Å². The molecule has 4 heavy (non-hydrogen) atoms. The Hall–Kier alpha value is 1.37. The molecule has 0 aliphatic heterocycles. The van der Waals surface area contributed by atoms with Crippen molar-refractivity contribution in [3.05, 3.63) is 0 Å². The Morgan fingerprint density at radius 2 is 0.750 bits per heavy atom. The summed E-state index contributed by atoms with van der Waals surface area (Å²) in [6.07, 6.45) is 0. The number of rotatable bonds is 0. The van der Waals surface area contributed by atoms with Crippen molar-refractivity contribution in [2.75, 3.05) is 0 Å². The zero-order valence-electron chi connectivity index (χ0n) is 1.76. The monoisotopic (exact) mass is 169 g/mol. The Morgan fingerprint density at radius 3 is 0.750 bits per heavy atom. The third-order valence-electron chi connectivity index (χ3n) is 0. The van der Waals surface area contributed by atoms with Crippen molar-refractivity contribution in [1.82, 2.24) is 0 Å². The van der Waals surface area contributed by atoms with E-state index < -0.39 is 0 Å². The predicted octanol–water partition coefficient (Wildman–Crippen LogP) is -6.38. The third kappa shape index (κ3) is 10.1. The van der Waals surface area contributed by atoms with Crippen LogP contribution in [-0.4, -0.2) is 23.1 Å². The van der Waals surface area contributed by atoms with Crippen LogP contribution in [0.1, 0.15) is 0 Å². The van der Waals surface area contributed by atoms with Crippen LogP contribution in [0.2, 0.25) is 0 Å². The maximum atomic E-state index is 0. The zero-order chi connectivity index (χ0) is 0. The average molecular weight is 170 g/mol. The van der Waals surface area contributed by atoms with Crippen molar-refractivity contribution in [1.29, 1.82) is 0 Å². The van der Waals surface area contributed by atoms with Gasteiger partial charge >= 0.3 is 23.1 Å². The van der Waals surface area contributed by atoms with Crippen LogP contribution in [0.5, 0.6) is 0 Å². The molecule has 0 amide bonds. The molecule has 0 heterocycles. The summed E-state index contributed by atoms with van der Waals surface area (Å²) in [5, 5.41) is 0. The fourth-order valence-corrected chi connectivity index (χ4v) is 0. The van der Waals surface area contributed by atoms with E-state index in [0.29, 0.717) is 0 Å². The summed E-state index contributed by atoms with van der Waals surface area (Å²) in [5.41, 5.74) is 0. The van der Waals surface area contributed by atoms with Gasteiger partial charge in [-0.05, 0) is 0 Å². The first-order valence-electron chi connectivity index (χ1n) is 0. The molecule has 0 atom stereocenters. The minimum Gasteiger partial charge on any atom is -1.00 e. The Kier molecular flexibility index (Phi) is 363. The predicted molar refractivity (Wildman–Crippen MR) is 5.75 cm³/mol. The van der Waals surface area contributed by atoms with E-state index in [1.807, 2.05) is 0 Å². The standard InChI is InChI=1S/Ag.2FH.Mg/h;2*1H;/q;;;+2/p-2. The first-order chi connectivity index (χ1) is 0. The third-order valence-corrected chi connectivity index (χ3v) is 0. The smallest absolute Gasteiger partial charge is 1.00 e. The molecular weight excluding hydrogens is 170 g/mol. The van der Waals surface area contributed by atoms with Gasteiger partial charge in [-0.15, -0.1) is 0 Å². The molecule has 0 spiro atoms. The van der Waals surface area contributed by atoms with Crippen LogP contribution < -0.4 is 9.41 Å². The molecule has 0 nitrogen and oxygen atoms in total. The topological polar surface area (TPSA) is 0 Å². The summed E-state index contributed by atoms with van der Waals surface area (Å²) in [6.45, 7) is 0. The molecule has 0 aromatic heterocycles. The maximum Gasteiger partial charge on any atom is 2.00 e. The van der Waals surface area contributed by atoms with Crippen molar-refractivity contribution in [3.8, 4) is 0 Å². The molecule has 0 saturated carbocycles. The van der Waals surface area contributed by atoms with E-state index in [0.717, 1.165) is 0 Å². The second-order valence-electron chi connectivity index (χ2n) is 0. The molecule has 0 aromatic rings. The van der Waals surface area contributed by atoms with Crippen molar-refractivity contribution < 1.29 is 31.8 Å². The molecule has 0 unspecified atom stereocenters. The van der Waals surface area contributed by atoms with Crippen LogP contribution in [0, 0.1) is 0 Å². The van der Waals surface area contributed by atoms with E-state index in [4.69, 9.17) is 0 Å². The van der Waals surface area contributed by atoms with E-state index in [2.05, 4.69) is 0 Å². The van der Waals surface area contributed by atoms with Gasteiger partial charge in [0, 0.05) is 22.4 Å². The Morgan fingerprint density at radius 1 is 0.750 bits per heavy atom. The largest absolute Gasteiger partial charge is 2.00 e. The minimum absolute atomic E-state index is 0. The maximum absolute atomic E-state index is 0. The molecule has 27 valence electrons. The summed E-state index contributed by atoms with van der Waals surface area (Å²) in [4.78, 5) is 0. The van der Waals surface area contributed by atoms with Gasteiger partial charge in [0.1, 0.15) is 0 Å². The Bertz CT molecular complexity index is 6.00. The molecule has 0 aromatic carbocycles. The van der Waals surface area contributed by atoms with Crippen LogP contribution in [0.3, 0.4) is 0 Å². The fourth-order valence-electron chi connectivity index (χ4n) is 0. The van der Waals surface area contributed by atoms with Gasteiger partial charge in [-0.3, -0.25) is 0 Å². The molecule has 0 N–H and O–H groups in total. The van der Waals surface area contributed by atoms with Gasteiger partial charge in [-0.25, -0.2) is 0 Å². The Balaban J connectivity index is 0. The van der Waals surface area contributed by atoms with Gasteiger partial charge in [0.15, 0.2) is 0 Å². The van der Waals surface area contributed by atoms with E-state index >= 15 is 0 Å². The second-order valence-corrected chi connectivity index (χ2v) is 0. The number of hydrogen-bond donors (Lipinski definition) is 0. The van der Waals surface area contributed by atoms with Gasteiger partial charge in [0.2, 0.25) is 0 Å². The first kappa shape index (κ1) is 54.8. The van der Waals surface area contributed by atoms with E-state index in [1.165, 1.54) is 0 Å². The molecule has 0 rings (SSSR count). The first-order valence-corrected chi connectivity index (χ1v) is 0. The molecular formula is AgF2Mg. The van der Waals surface area contributed by atoms with E-state index in [1.54, 1.807) is 0 Å². The summed E-state index contributed by atoms with van der Waals surface area (Å²) >= 11 is 0. The van der Waals surface area contributed by atoms with Gasteiger partial charge in [0.25, 0.3) is 0 Å². The van der Waals surface area contributed by atoms with Gasteiger partial charge in [0.05, 0.1) is 0 Å². The van der Waals surface area contributed by atoms with Crippen molar-refractivity contribution in [3.63, 3.8) is 0 Å². The van der Waals surface area contributed by atoms with Crippen LogP contribution in [0.25, 0.3) is 0 Å². The van der Waals surface area contributed by atoms with Crippen molar-refractivity contribution in [2.24, 2.45) is 0 Å². The number of hydrogen-bond acceptors (Lipinski definition) is 0. The average Bonchev–Trinajstić information content (AvgIpc) is 0. The van der Waals surface area contributed by atoms with Gasteiger partial charge in [-0.2, -0.15) is 0 Å². The summed E-state index contributed by atoms with van der Waals surface area (Å²) in [7, 11) is 0. The molecule has 0 aliphatic rings. The zero-order valence-corrected chi connectivity index (χ0v) is 4.66. The molecule has 0 aliphatic carbocycles. The van der Waals surface area contributed by atoms with E-state index in [9.17, 15) is 0 Å². The molecule has 1 radical (unpaired) electrons. The quantitative estimate of drug-likeness (QED) is 0.317. The summed E-state index contributed by atoms with van der Waals surface area (Å²) < 4.78 is 0. The minimum atomic E-state index is 0. The fraction of sp³-hybridized carbons (Fsp3) is 0. The molecule has 0 saturated heterocycles. The van der Waals surface area contributed by atoms with Crippen LogP contribution in [0.4, 0.5) is 0 Å². The molecule has 0 fully saturated rings. The summed E-state index contributed by atoms with van der Waals surface area (Å²) in [6, 6.07) is 0. The van der Waals surface area contributed by atoms with Crippen molar-refractivity contribution >= 4 is 23.1 Å². The van der Waals surface area contributed by atoms with Crippen LogP contribution >= 0.6 is 0 Å². The SMILES string of the molecule is [Ag].[F-].[F-].[Mg+2]. The molecule has 0 bridgehead atoms. The van der Waals surface area contributed by atoms with Crippen LogP contribution in [-0.2, 0) is 22.4 Å². The summed E-state index contributed by atoms with van der Waals surface area (Å²) in [5.74, 6) is 0. The second kappa shape index (κ2) is 26.5. The van der Waals surface area contributed by atoms with Crippen LogP contribution in [0.15, 0.2) is 0 Å². The van der Waals surface area contributed by atoms with E-state index in [-0.39, 0.29) is 54.8 Å². The molecule has 4 heteroatoms. The Labute approximate surface area is 54.7 Å². The number of halogens is 2. The normalized spacial score (nSPS) is 0.